The van der Waals surface area contributed by atoms with E-state index in [2.05, 4.69) is 9.98 Å². The molecule has 24 heavy (non-hydrogen) atoms. The normalized spacial score (nSPS) is 26.0. The summed E-state index contributed by atoms with van der Waals surface area (Å²) in [5.74, 6) is 0.00526. The lowest BCUT2D eigenvalue weighted by Crippen LogP contribution is -2.32. The van der Waals surface area contributed by atoms with E-state index in [0.717, 1.165) is 12.0 Å². The molecule has 0 amide bonds. The van der Waals surface area contributed by atoms with Gasteiger partial charge in [0, 0.05) is 12.6 Å². The number of rotatable bonds is 4. The summed E-state index contributed by atoms with van der Waals surface area (Å²) >= 11 is 0. The Morgan fingerprint density at radius 1 is 1.42 bits per heavy atom. The molecular weight excluding hydrogens is 331 g/mol. The van der Waals surface area contributed by atoms with Crippen LogP contribution in [-0.2, 0) is 16.3 Å². The van der Waals surface area contributed by atoms with E-state index in [1.807, 2.05) is 6.92 Å². The molecule has 130 valence electrons. The molecule has 2 aliphatic rings. The van der Waals surface area contributed by atoms with Gasteiger partial charge in [0.1, 0.15) is 6.17 Å². The van der Waals surface area contributed by atoms with Crippen molar-refractivity contribution in [2.24, 2.45) is 4.99 Å². The predicted molar refractivity (Wildman–Crippen MR) is 91.5 cm³/mol. The second kappa shape index (κ2) is 6.27. The molecule has 2 aliphatic carbocycles. The molecule has 7 heteroatoms. The number of hydrogen-bond acceptors (Lipinski definition) is 5. The summed E-state index contributed by atoms with van der Waals surface area (Å²) in [4.78, 5) is 8.20. The Morgan fingerprint density at radius 2 is 2.12 bits per heavy atom. The van der Waals surface area contributed by atoms with Crippen molar-refractivity contribution in [1.29, 1.82) is 0 Å². The van der Waals surface area contributed by atoms with Crippen molar-refractivity contribution in [1.82, 2.24) is 4.98 Å². The predicted octanol–water partition coefficient (Wildman–Crippen LogP) is 2.97. The molecule has 0 aromatic carbocycles. The van der Waals surface area contributed by atoms with Gasteiger partial charge in [-0.05, 0) is 43.4 Å². The molecule has 5 nitrogen and oxygen atoms in total. The van der Waals surface area contributed by atoms with Gasteiger partial charge in [-0.1, -0.05) is 13.0 Å². The monoisotopic (exact) mass is 352 g/mol. The smallest absolute Gasteiger partial charge is 0.195 e. The van der Waals surface area contributed by atoms with E-state index in [-0.39, 0.29) is 28.9 Å². The number of aliphatic imine (C=N–C) groups is 1. The third-order valence-electron chi connectivity index (χ3n) is 4.66. The van der Waals surface area contributed by atoms with Gasteiger partial charge >= 0.3 is 0 Å². The number of allylic oxidation sites excluding steroid dienone is 1. The van der Waals surface area contributed by atoms with Crippen LogP contribution in [0.15, 0.2) is 23.3 Å². The van der Waals surface area contributed by atoms with Gasteiger partial charge in [-0.3, -0.25) is 0 Å². The Hall–Kier alpha value is -1.76. The van der Waals surface area contributed by atoms with E-state index in [4.69, 9.17) is 0 Å². The average Bonchev–Trinajstić information content (AvgIpc) is 3.39. The Bertz CT molecular complexity index is 813. The summed E-state index contributed by atoms with van der Waals surface area (Å²) in [5, 5.41) is 9.08. The van der Waals surface area contributed by atoms with Crippen LogP contribution in [0.2, 0.25) is 0 Å². The highest BCUT2D eigenvalue weighted by molar-refractivity contribution is 7.93. The molecule has 0 spiro atoms. The fourth-order valence-corrected chi connectivity index (χ4v) is 4.91. The number of sulfone groups is 1. The van der Waals surface area contributed by atoms with E-state index in [9.17, 15) is 17.9 Å². The van der Waals surface area contributed by atoms with E-state index < -0.39 is 21.3 Å². The van der Waals surface area contributed by atoms with E-state index >= 15 is 0 Å². The highest BCUT2D eigenvalue weighted by Gasteiger charge is 2.42. The van der Waals surface area contributed by atoms with Crippen molar-refractivity contribution in [2.75, 3.05) is 0 Å². The zero-order valence-corrected chi connectivity index (χ0v) is 14.6. The topological polar surface area (TPSA) is 79.6 Å². The molecular formula is C17H21FN2O3S. The number of alkyl halides is 1. The number of aromatic nitrogens is 1. The van der Waals surface area contributed by atoms with Crippen LogP contribution in [0.4, 0.5) is 10.2 Å². The minimum atomic E-state index is -3.29. The number of halogens is 1. The van der Waals surface area contributed by atoms with Gasteiger partial charge in [0.05, 0.1) is 16.2 Å². The van der Waals surface area contributed by atoms with E-state index in [0.29, 0.717) is 18.4 Å². The van der Waals surface area contributed by atoms with E-state index in [1.165, 1.54) is 12.2 Å². The lowest BCUT2D eigenvalue weighted by Gasteiger charge is -2.21. The molecule has 1 saturated carbocycles. The largest absolute Gasteiger partial charge is 0.504 e. The van der Waals surface area contributed by atoms with Crippen LogP contribution in [0.5, 0.6) is 5.75 Å². The first-order valence-electron chi connectivity index (χ1n) is 8.15. The highest BCUT2D eigenvalue weighted by Crippen LogP contribution is 2.35. The van der Waals surface area contributed by atoms with Crippen molar-refractivity contribution >= 4 is 21.4 Å². The van der Waals surface area contributed by atoms with Crippen LogP contribution in [0.3, 0.4) is 0 Å². The summed E-state index contributed by atoms with van der Waals surface area (Å²) in [7, 11) is -3.29. The van der Waals surface area contributed by atoms with Crippen LogP contribution in [0.1, 0.15) is 37.3 Å². The fourth-order valence-electron chi connectivity index (χ4n) is 2.89. The average molecular weight is 352 g/mol. The number of aryl methyl sites for hydroxylation is 1. The maximum atomic E-state index is 14.4. The summed E-state index contributed by atoms with van der Waals surface area (Å²) in [6.07, 6.45) is 5.00. The summed E-state index contributed by atoms with van der Waals surface area (Å²) in [6, 6.07) is 0. The molecule has 2 unspecified atom stereocenters. The Labute approximate surface area is 141 Å². The van der Waals surface area contributed by atoms with Crippen molar-refractivity contribution < 1.29 is 17.9 Å². The number of aromatic hydroxyl groups is 1. The number of hydrogen-bond donors (Lipinski definition) is 1. The van der Waals surface area contributed by atoms with Gasteiger partial charge in [-0.2, -0.15) is 0 Å². The number of nitrogens with zero attached hydrogens (tertiary/aromatic N) is 2. The van der Waals surface area contributed by atoms with Crippen LogP contribution in [-0.4, -0.2) is 40.9 Å². The third-order valence-corrected chi connectivity index (χ3v) is 7.25. The lowest BCUT2D eigenvalue weighted by molar-refractivity contribution is 0.399. The van der Waals surface area contributed by atoms with Crippen molar-refractivity contribution in [2.45, 2.75) is 56.2 Å². The van der Waals surface area contributed by atoms with Gasteiger partial charge < -0.3 is 5.11 Å². The van der Waals surface area contributed by atoms with Crippen molar-refractivity contribution in [3.05, 3.63) is 29.5 Å². The molecule has 1 aromatic rings. The van der Waals surface area contributed by atoms with Gasteiger partial charge in [-0.15, -0.1) is 0 Å². The fraction of sp³-hybridized carbons (Fsp3) is 0.529. The van der Waals surface area contributed by atoms with Crippen LogP contribution >= 0.6 is 0 Å². The second-order valence-electron chi connectivity index (χ2n) is 6.36. The third kappa shape index (κ3) is 3.09. The minimum Gasteiger partial charge on any atom is -0.504 e. The van der Waals surface area contributed by atoms with Gasteiger partial charge in [-0.25, -0.2) is 22.8 Å². The van der Waals surface area contributed by atoms with Gasteiger partial charge in [0.2, 0.25) is 0 Å². The number of pyridine rings is 1. The summed E-state index contributed by atoms with van der Waals surface area (Å²) < 4.78 is 38.9. The SMILES string of the molecule is CCc1cnc(N=C2C=CC(S(=O)(=O)C3CC3)CC2F)c(O)c1C. The minimum absolute atomic E-state index is 0.0600. The van der Waals surface area contributed by atoms with E-state index in [1.54, 1.807) is 13.1 Å². The lowest BCUT2D eigenvalue weighted by atomic mass is 10.0. The zero-order valence-electron chi connectivity index (χ0n) is 13.7. The first-order chi connectivity index (χ1) is 11.3. The molecule has 0 bridgehead atoms. The highest BCUT2D eigenvalue weighted by atomic mass is 32.2. The standard InChI is InChI=1S/C17H21FN2O3S/c1-3-11-9-19-17(16(21)10(11)2)20-15-7-6-13(8-14(15)18)24(22,23)12-4-5-12/h6-7,9,12-14,21H,3-5,8H2,1-2H3. The maximum Gasteiger partial charge on any atom is 0.195 e. The molecule has 1 N–H and O–H groups in total. The first kappa shape index (κ1) is 17.1. The Balaban J connectivity index is 1.88. The van der Waals surface area contributed by atoms with Crippen LogP contribution in [0, 0.1) is 6.92 Å². The summed E-state index contributed by atoms with van der Waals surface area (Å²) in [6.45, 7) is 3.72. The maximum absolute atomic E-state index is 14.4. The van der Waals surface area contributed by atoms with Crippen LogP contribution in [0.25, 0.3) is 0 Å². The molecule has 1 aromatic heterocycles. The quantitative estimate of drug-likeness (QED) is 0.903. The van der Waals surface area contributed by atoms with Gasteiger partial charge in [0.25, 0.3) is 0 Å². The molecule has 0 aliphatic heterocycles. The van der Waals surface area contributed by atoms with Gasteiger partial charge in [0.15, 0.2) is 21.4 Å². The first-order valence-corrected chi connectivity index (χ1v) is 9.76. The molecule has 0 radical (unpaired) electrons. The van der Waals surface area contributed by atoms with Crippen LogP contribution < -0.4 is 0 Å². The molecule has 2 atom stereocenters. The Morgan fingerprint density at radius 3 is 2.71 bits per heavy atom. The second-order valence-corrected chi connectivity index (χ2v) is 8.81. The zero-order chi connectivity index (χ0) is 17.5. The molecule has 1 fully saturated rings. The molecule has 1 heterocycles. The Kier molecular flexibility index (Phi) is 4.46. The van der Waals surface area contributed by atoms with Crippen molar-refractivity contribution in [3.63, 3.8) is 0 Å². The molecule has 3 rings (SSSR count). The molecule has 0 saturated heterocycles. The summed E-state index contributed by atoms with van der Waals surface area (Å²) in [5.41, 5.74) is 1.68. The van der Waals surface area contributed by atoms with Crippen molar-refractivity contribution in [3.8, 4) is 5.75 Å².